The fourth-order valence-electron chi connectivity index (χ4n) is 3.76. The van der Waals surface area contributed by atoms with Gasteiger partial charge in [0, 0.05) is 39.3 Å². The largest absolute Gasteiger partial charge is 0.489 e. The van der Waals surface area contributed by atoms with Crippen LogP contribution in [0.3, 0.4) is 0 Å². The molecule has 3 aromatic carbocycles. The second kappa shape index (κ2) is 14.5. The number of aliphatic carboxylic acids is 2. The molecule has 1 saturated heterocycles. The van der Waals surface area contributed by atoms with E-state index in [0.717, 1.165) is 45.0 Å². The van der Waals surface area contributed by atoms with Crippen molar-refractivity contribution >= 4 is 18.0 Å². The number of carboxylic acids is 2. The summed E-state index contributed by atoms with van der Waals surface area (Å²) in [6, 6.07) is 29.4. The van der Waals surface area contributed by atoms with Gasteiger partial charge in [-0.15, -0.1) is 0 Å². The highest BCUT2D eigenvalue weighted by molar-refractivity contribution is 6.27. The SMILES string of the molecule is C(=Cc1ccccc1)CN1CCN(Cc2cccc(OCc3ccccc3)c2)CC1.O=C(O)C(=O)O. The van der Waals surface area contributed by atoms with Crippen LogP contribution in [0.15, 0.2) is 91.0 Å². The van der Waals surface area contributed by atoms with Crippen molar-refractivity contribution in [2.24, 2.45) is 0 Å². The molecule has 7 nitrogen and oxygen atoms in total. The van der Waals surface area contributed by atoms with Crippen LogP contribution in [0.2, 0.25) is 0 Å². The summed E-state index contributed by atoms with van der Waals surface area (Å²) < 4.78 is 5.99. The van der Waals surface area contributed by atoms with Crippen LogP contribution in [-0.4, -0.2) is 64.7 Å². The first-order valence-electron chi connectivity index (χ1n) is 11.9. The van der Waals surface area contributed by atoms with Crippen molar-refractivity contribution in [1.82, 2.24) is 9.80 Å². The standard InChI is InChI=1S/C27H30N2O.C2H2O4/c1-3-9-24(10-4-1)14-8-16-28-17-19-29(20-18-28)22-26-13-7-15-27(21-26)30-23-25-11-5-2-6-12-25;3-1(4)2(5)6/h1-15,21H,16-20,22-23H2;(H,3,4)(H,5,6). The molecule has 1 aliphatic rings. The molecule has 3 aromatic rings. The number of piperazine rings is 1. The number of rotatable bonds is 8. The highest BCUT2D eigenvalue weighted by Crippen LogP contribution is 2.17. The van der Waals surface area contributed by atoms with E-state index in [-0.39, 0.29) is 0 Å². The molecule has 1 heterocycles. The molecule has 188 valence electrons. The predicted molar refractivity (Wildman–Crippen MR) is 140 cm³/mol. The van der Waals surface area contributed by atoms with Crippen molar-refractivity contribution < 1.29 is 24.5 Å². The molecule has 36 heavy (non-hydrogen) atoms. The highest BCUT2D eigenvalue weighted by Gasteiger charge is 2.16. The van der Waals surface area contributed by atoms with Gasteiger partial charge in [-0.05, 0) is 28.8 Å². The zero-order valence-corrected chi connectivity index (χ0v) is 20.2. The molecule has 0 atom stereocenters. The monoisotopic (exact) mass is 488 g/mol. The second-order valence-corrected chi connectivity index (χ2v) is 8.42. The van der Waals surface area contributed by atoms with E-state index in [1.54, 1.807) is 0 Å². The summed E-state index contributed by atoms with van der Waals surface area (Å²) in [6.45, 7) is 7.05. The average molecular weight is 489 g/mol. The Morgan fingerprint density at radius 3 is 1.97 bits per heavy atom. The molecular formula is C29H32N2O5. The normalized spacial score (nSPS) is 14.1. The van der Waals surface area contributed by atoms with E-state index in [9.17, 15) is 0 Å². The molecule has 0 unspecified atom stereocenters. The minimum Gasteiger partial charge on any atom is -0.489 e. The van der Waals surface area contributed by atoms with Gasteiger partial charge in [-0.2, -0.15) is 0 Å². The summed E-state index contributed by atoms with van der Waals surface area (Å²) in [7, 11) is 0. The van der Waals surface area contributed by atoms with E-state index in [4.69, 9.17) is 24.5 Å². The molecule has 2 N–H and O–H groups in total. The van der Waals surface area contributed by atoms with Crippen molar-refractivity contribution in [2.75, 3.05) is 32.7 Å². The number of ether oxygens (including phenoxy) is 1. The third-order valence-electron chi connectivity index (χ3n) is 5.67. The Morgan fingerprint density at radius 2 is 1.33 bits per heavy atom. The van der Waals surface area contributed by atoms with Crippen LogP contribution < -0.4 is 4.74 Å². The first-order valence-corrected chi connectivity index (χ1v) is 11.9. The lowest BCUT2D eigenvalue weighted by atomic mass is 10.2. The Morgan fingerprint density at radius 1 is 0.750 bits per heavy atom. The Balaban J connectivity index is 0.000000538. The molecule has 0 bridgehead atoms. The minimum absolute atomic E-state index is 0.611. The lowest BCUT2D eigenvalue weighted by molar-refractivity contribution is -0.159. The van der Waals surface area contributed by atoms with Crippen LogP contribution >= 0.6 is 0 Å². The van der Waals surface area contributed by atoms with Crippen LogP contribution in [0, 0.1) is 0 Å². The van der Waals surface area contributed by atoms with E-state index in [2.05, 4.69) is 82.6 Å². The molecule has 0 saturated carbocycles. The number of carboxylic acid groups (broad SMARTS) is 2. The molecular weight excluding hydrogens is 456 g/mol. The third kappa shape index (κ3) is 9.74. The van der Waals surface area contributed by atoms with Crippen LogP contribution in [-0.2, 0) is 22.7 Å². The second-order valence-electron chi connectivity index (χ2n) is 8.42. The summed E-state index contributed by atoms with van der Waals surface area (Å²) in [5.41, 5.74) is 3.78. The van der Waals surface area contributed by atoms with Gasteiger partial charge in [-0.3, -0.25) is 9.80 Å². The summed E-state index contributed by atoms with van der Waals surface area (Å²) in [5, 5.41) is 14.8. The van der Waals surface area contributed by atoms with Crippen molar-refractivity contribution in [1.29, 1.82) is 0 Å². The summed E-state index contributed by atoms with van der Waals surface area (Å²) >= 11 is 0. The van der Waals surface area contributed by atoms with Gasteiger partial charge in [0.15, 0.2) is 0 Å². The Labute approximate surface area is 211 Å². The Hall–Kier alpha value is -3.94. The lowest BCUT2D eigenvalue weighted by Gasteiger charge is -2.34. The zero-order valence-electron chi connectivity index (χ0n) is 20.2. The Bertz CT molecular complexity index is 1100. The van der Waals surface area contributed by atoms with Gasteiger partial charge < -0.3 is 14.9 Å². The van der Waals surface area contributed by atoms with E-state index in [1.165, 1.54) is 16.7 Å². The molecule has 4 rings (SSSR count). The smallest absolute Gasteiger partial charge is 0.414 e. The number of nitrogens with zero attached hydrogens (tertiary/aromatic N) is 2. The number of hydrogen-bond donors (Lipinski definition) is 2. The van der Waals surface area contributed by atoms with Gasteiger partial charge in [0.1, 0.15) is 12.4 Å². The maximum absolute atomic E-state index is 9.10. The van der Waals surface area contributed by atoms with Gasteiger partial charge >= 0.3 is 11.9 Å². The number of hydrogen-bond acceptors (Lipinski definition) is 5. The maximum Gasteiger partial charge on any atom is 0.414 e. The fourth-order valence-corrected chi connectivity index (χ4v) is 3.76. The molecule has 0 spiro atoms. The number of benzene rings is 3. The third-order valence-corrected chi connectivity index (χ3v) is 5.67. The molecule has 1 aliphatic heterocycles. The van der Waals surface area contributed by atoms with E-state index >= 15 is 0 Å². The van der Waals surface area contributed by atoms with Crippen molar-refractivity contribution in [3.8, 4) is 5.75 Å². The van der Waals surface area contributed by atoms with E-state index in [1.807, 2.05) is 24.3 Å². The van der Waals surface area contributed by atoms with Crippen LogP contribution in [0.25, 0.3) is 6.08 Å². The lowest BCUT2D eigenvalue weighted by Crippen LogP contribution is -2.45. The molecule has 0 aromatic heterocycles. The molecule has 7 heteroatoms. The van der Waals surface area contributed by atoms with Gasteiger partial charge in [0.05, 0.1) is 0 Å². The van der Waals surface area contributed by atoms with Crippen molar-refractivity contribution in [2.45, 2.75) is 13.2 Å². The van der Waals surface area contributed by atoms with Crippen molar-refractivity contribution in [3.05, 3.63) is 108 Å². The van der Waals surface area contributed by atoms with Gasteiger partial charge in [0.2, 0.25) is 0 Å². The maximum atomic E-state index is 9.10. The average Bonchev–Trinajstić information content (AvgIpc) is 2.90. The summed E-state index contributed by atoms with van der Waals surface area (Å²) in [5.74, 6) is -2.70. The van der Waals surface area contributed by atoms with Gasteiger partial charge in [-0.1, -0.05) is 84.9 Å². The van der Waals surface area contributed by atoms with Crippen molar-refractivity contribution in [3.63, 3.8) is 0 Å². The molecule has 1 fully saturated rings. The van der Waals surface area contributed by atoms with Crippen LogP contribution in [0.4, 0.5) is 0 Å². The summed E-state index contributed by atoms with van der Waals surface area (Å²) in [4.78, 5) is 23.3. The van der Waals surface area contributed by atoms with Crippen LogP contribution in [0.5, 0.6) is 5.75 Å². The molecule has 0 amide bonds. The topological polar surface area (TPSA) is 90.3 Å². The quantitative estimate of drug-likeness (QED) is 0.458. The first-order chi connectivity index (χ1) is 17.5. The van der Waals surface area contributed by atoms with Crippen LogP contribution in [0.1, 0.15) is 16.7 Å². The number of carbonyl (C=O) groups is 2. The highest BCUT2D eigenvalue weighted by atomic mass is 16.5. The molecule has 0 aliphatic carbocycles. The zero-order chi connectivity index (χ0) is 25.6. The van der Waals surface area contributed by atoms with Gasteiger partial charge in [0.25, 0.3) is 0 Å². The Kier molecular flexibility index (Phi) is 10.7. The summed E-state index contributed by atoms with van der Waals surface area (Å²) in [6.07, 6.45) is 4.49. The van der Waals surface area contributed by atoms with E-state index in [0.29, 0.717) is 6.61 Å². The predicted octanol–water partition coefficient (Wildman–Crippen LogP) is 4.25. The van der Waals surface area contributed by atoms with Gasteiger partial charge in [-0.25, -0.2) is 9.59 Å². The fraction of sp³-hybridized carbons (Fsp3) is 0.241. The van der Waals surface area contributed by atoms with E-state index < -0.39 is 11.9 Å². The molecule has 0 radical (unpaired) electrons. The first kappa shape index (κ1) is 26.7. The minimum atomic E-state index is -1.82.